The molecule has 0 radical (unpaired) electrons. The van der Waals surface area contributed by atoms with E-state index in [-0.39, 0.29) is 12.8 Å². The summed E-state index contributed by atoms with van der Waals surface area (Å²) in [5.74, 6) is -1.49. The van der Waals surface area contributed by atoms with Crippen molar-refractivity contribution < 1.29 is 20.4 Å². The first kappa shape index (κ1) is 8.90. The lowest BCUT2D eigenvalue weighted by molar-refractivity contribution is -0.408. The zero-order valence-electron chi connectivity index (χ0n) is 5.54. The van der Waals surface area contributed by atoms with E-state index in [1.54, 1.807) is 0 Å². The predicted molar refractivity (Wildman–Crippen MR) is 32.7 cm³/mol. The van der Waals surface area contributed by atoms with E-state index in [2.05, 4.69) is 5.73 Å². The molecule has 0 aromatic carbocycles. The SMILES string of the molecule is NC(=O)CC[C@H]([NH3+])C(=O)O. The van der Waals surface area contributed by atoms with Crippen molar-refractivity contribution in [3.8, 4) is 0 Å². The second-order valence-corrected chi connectivity index (χ2v) is 2.04. The van der Waals surface area contributed by atoms with Crippen LogP contribution in [0.3, 0.4) is 0 Å². The normalized spacial score (nSPS) is 12.5. The highest BCUT2D eigenvalue weighted by atomic mass is 16.4. The van der Waals surface area contributed by atoms with Crippen molar-refractivity contribution >= 4 is 11.9 Å². The lowest BCUT2D eigenvalue weighted by Gasteiger charge is -1.98. The molecular weight excluding hydrogens is 136 g/mol. The van der Waals surface area contributed by atoms with Gasteiger partial charge in [-0.25, -0.2) is 4.79 Å². The van der Waals surface area contributed by atoms with Gasteiger partial charge in [0, 0.05) is 12.8 Å². The third kappa shape index (κ3) is 3.85. The van der Waals surface area contributed by atoms with E-state index in [0.717, 1.165) is 0 Å². The van der Waals surface area contributed by atoms with E-state index in [9.17, 15) is 9.59 Å². The maximum atomic E-state index is 10.1. The van der Waals surface area contributed by atoms with Crippen LogP contribution in [0.2, 0.25) is 0 Å². The number of nitrogens with two attached hydrogens (primary N) is 1. The monoisotopic (exact) mass is 147 g/mol. The van der Waals surface area contributed by atoms with Gasteiger partial charge in [0.05, 0.1) is 0 Å². The molecule has 0 spiro atoms. The molecule has 58 valence electrons. The van der Waals surface area contributed by atoms with Crippen LogP contribution in [0.25, 0.3) is 0 Å². The minimum Gasteiger partial charge on any atom is -0.477 e. The van der Waals surface area contributed by atoms with Crippen molar-refractivity contribution in [1.82, 2.24) is 0 Å². The number of carboxylic acid groups (broad SMARTS) is 1. The molecule has 6 N–H and O–H groups in total. The van der Waals surface area contributed by atoms with Crippen molar-refractivity contribution in [3.63, 3.8) is 0 Å². The molecule has 0 bridgehead atoms. The molecule has 0 aromatic heterocycles. The zero-order valence-corrected chi connectivity index (χ0v) is 5.54. The summed E-state index contributed by atoms with van der Waals surface area (Å²) in [6.07, 6.45) is 0.297. The second-order valence-electron chi connectivity index (χ2n) is 2.04. The molecule has 10 heavy (non-hydrogen) atoms. The third-order valence-electron chi connectivity index (χ3n) is 1.09. The molecule has 1 atom stereocenters. The van der Waals surface area contributed by atoms with Crippen LogP contribution in [0.4, 0.5) is 0 Å². The standard InChI is InChI=1S/C5H10N2O3/c6-3(5(9)10)1-2-4(7)8/h3H,1-2,6H2,(H2,7,8)(H,9,10)/p+1/t3-/m0/s1. The van der Waals surface area contributed by atoms with Crippen LogP contribution in [0.5, 0.6) is 0 Å². The number of hydrogen-bond donors (Lipinski definition) is 3. The van der Waals surface area contributed by atoms with Crippen LogP contribution in [-0.2, 0) is 9.59 Å². The fourth-order valence-corrected chi connectivity index (χ4v) is 0.440. The van der Waals surface area contributed by atoms with Gasteiger partial charge in [-0.2, -0.15) is 0 Å². The number of amides is 1. The van der Waals surface area contributed by atoms with Gasteiger partial charge in [-0.1, -0.05) is 0 Å². The van der Waals surface area contributed by atoms with Gasteiger partial charge in [0.1, 0.15) is 0 Å². The molecule has 0 unspecified atom stereocenters. The van der Waals surface area contributed by atoms with E-state index in [1.165, 1.54) is 0 Å². The van der Waals surface area contributed by atoms with Gasteiger partial charge in [0.15, 0.2) is 6.04 Å². The Bertz CT molecular complexity index is 146. The molecule has 0 aromatic rings. The van der Waals surface area contributed by atoms with Crippen LogP contribution < -0.4 is 11.5 Å². The predicted octanol–water partition coefficient (Wildman–Crippen LogP) is -2.05. The summed E-state index contributed by atoms with van der Waals surface area (Å²) in [4.78, 5) is 20.2. The molecule has 0 saturated carbocycles. The van der Waals surface area contributed by atoms with Crippen LogP contribution in [0.15, 0.2) is 0 Å². The molecule has 5 heteroatoms. The highest BCUT2D eigenvalue weighted by Gasteiger charge is 2.15. The number of carbonyl (C=O) groups is 2. The van der Waals surface area contributed by atoms with Crippen molar-refractivity contribution in [2.45, 2.75) is 18.9 Å². The zero-order chi connectivity index (χ0) is 8.15. The molecule has 0 heterocycles. The van der Waals surface area contributed by atoms with Crippen LogP contribution in [0, 0.1) is 0 Å². The summed E-state index contributed by atoms with van der Waals surface area (Å²) in [6, 6.07) is -0.729. The average molecular weight is 147 g/mol. The number of carbonyl (C=O) groups excluding carboxylic acids is 1. The van der Waals surface area contributed by atoms with Gasteiger partial charge in [-0.05, 0) is 0 Å². The first-order valence-corrected chi connectivity index (χ1v) is 2.88. The molecule has 0 aliphatic rings. The number of primary amides is 1. The lowest BCUT2D eigenvalue weighted by atomic mass is 10.2. The quantitative estimate of drug-likeness (QED) is 0.425. The molecule has 0 aliphatic carbocycles. The number of carboxylic acids is 1. The summed E-state index contributed by atoms with van der Waals surface area (Å²) in [5.41, 5.74) is 8.08. The molecule has 0 fully saturated rings. The average Bonchev–Trinajstić information content (AvgIpc) is 1.82. The Labute approximate surface area is 58.0 Å². The minimum absolute atomic E-state index is 0.0838. The van der Waals surface area contributed by atoms with Gasteiger partial charge in [0.2, 0.25) is 5.91 Å². The Morgan fingerprint density at radius 3 is 2.40 bits per heavy atom. The van der Waals surface area contributed by atoms with Gasteiger partial charge >= 0.3 is 5.97 Å². The Balaban J connectivity index is 3.49. The van der Waals surface area contributed by atoms with E-state index in [1.807, 2.05) is 0 Å². The highest BCUT2D eigenvalue weighted by Crippen LogP contribution is 1.90. The molecular formula is C5H11N2O3+. The summed E-state index contributed by atoms with van der Waals surface area (Å²) >= 11 is 0. The van der Waals surface area contributed by atoms with Crippen molar-refractivity contribution in [3.05, 3.63) is 0 Å². The molecule has 1 amide bonds. The van der Waals surface area contributed by atoms with Gasteiger partial charge in [-0.3, -0.25) is 4.79 Å². The van der Waals surface area contributed by atoms with E-state index in [4.69, 9.17) is 10.8 Å². The Kier molecular flexibility index (Phi) is 3.42. The Hall–Kier alpha value is -1.10. The molecule has 0 saturated heterocycles. The van der Waals surface area contributed by atoms with Crippen molar-refractivity contribution in [1.29, 1.82) is 0 Å². The van der Waals surface area contributed by atoms with Crippen molar-refractivity contribution in [2.24, 2.45) is 5.73 Å². The summed E-state index contributed by atoms with van der Waals surface area (Å²) in [5, 5.41) is 8.28. The molecule has 0 aliphatic heterocycles. The largest absolute Gasteiger partial charge is 0.477 e. The number of quaternary nitrogens is 1. The van der Waals surface area contributed by atoms with Crippen LogP contribution >= 0.6 is 0 Å². The van der Waals surface area contributed by atoms with Gasteiger partial charge in [0.25, 0.3) is 0 Å². The van der Waals surface area contributed by atoms with E-state index >= 15 is 0 Å². The highest BCUT2D eigenvalue weighted by molar-refractivity contribution is 5.76. The fourth-order valence-electron chi connectivity index (χ4n) is 0.440. The lowest BCUT2D eigenvalue weighted by Crippen LogP contribution is -2.65. The topological polar surface area (TPSA) is 108 Å². The Morgan fingerprint density at radius 1 is 1.60 bits per heavy atom. The summed E-state index contributed by atoms with van der Waals surface area (Å²) in [6.45, 7) is 0. The van der Waals surface area contributed by atoms with Crippen LogP contribution in [-0.4, -0.2) is 23.0 Å². The molecule has 5 nitrogen and oxygen atoms in total. The maximum Gasteiger partial charge on any atom is 0.362 e. The third-order valence-corrected chi connectivity index (χ3v) is 1.09. The first-order valence-electron chi connectivity index (χ1n) is 2.88. The van der Waals surface area contributed by atoms with E-state index < -0.39 is 17.9 Å². The Morgan fingerprint density at radius 2 is 2.10 bits per heavy atom. The number of hydrogen-bond acceptors (Lipinski definition) is 2. The first-order chi connectivity index (χ1) is 4.54. The fraction of sp³-hybridized carbons (Fsp3) is 0.600. The smallest absolute Gasteiger partial charge is 0.362 e. The maximum absolute atomic E-state index is 10.1. The number of aliphatic carboxylic acids is 1. The molecule has 0 rings (SSSR count). The summed E-state index contributed by atoms with van der Waals surface area (Å²) < 4.78 is 0. The summed E-state index contributed by atoms with van der Waals surface area (Å²) in [7, 11) is 0. The van der Waals surface area contributed by atoms with Crippen LogP contribution in [0.1, 0.15) is 12.8 Å². The van der Waals surface area contributed by atoms with Gasteiger partial charge < -0.3 is 16.6 Å². The van der Waals surface area contributed by atoms with Gasteiger partial charge in [-0.15, -0.1) is 0 Å². The number of rotatable bonds is 4. The van der Waals surface area contributed by atoms with E-state index in [0.29, 0.717) is 0 Å². The minimum atomic E-state index is -0.999. The van der Waals surface area contributed by atoms with Crippen molar-refractivity contribution in [2.75, 3.05) is 0 Å². The second kappa shape index (κ2) is 3.84.